The Balaban J connectivity index is 1.77. The maximum absolute atomic E-state index is 13.2. The molecule has 2 N–H and O–H groups in total. The molecule has 2 aromatic carbocycles. The van der Waals surface area contributed by atoms with Crippen LogP contribution in [-0.2, 0) is 16.0 Å². The van der Waals surface area contributed by atoms with E-state index in [4.69, 9.17) is 4.74 Å². The van der Waals surface area contributed by atoms with Crippen molar-refractivity contribution >= 4 is 17.4 Å². The lowest BCUT2D eigenvalue weighted by molar-refractivity contribution is -0.140. The number of ether oxygens (including phenoxy) is 1. The number of carbonyl (C=O) groups excluding carboxylic acids is 2. The Bertz CT molecular complexity index is 1090. The van der Waals surface area contributed by atoms with Crippen LogP contribution in [0, 0.1) is 0 Å². The Kier molecular flexibility index (Phi) is 6.42. The van der Waals surface area contributed by atoms with Crippen LogP contribution in [-0.4, -0.2) is 64.0 Å². The van der Waals surface area contributed by atoms with Crippen molar-refractivity contribution in [2.45, 2.75) is 39.3 Å². The fraction of sp³-hybridized carbons (Fsp3) is 0.385. The van der Waals surface area contributed by atoms with Crippen molar-refractivity contribution in [1.82, 2.24) is 9.80 Å². The number of phenols is 1. The number of nitrogens with zero attached hydrogens (tertiary/aromatic N) is 2. The molecule has 0 saturated carbocycles. The second kappa shape index (κ2) is 9.27. The van der Waals surface area contributed by atoms with Gasteiger partial charge >= 0.3 is 0 Å². The normalized spacial score (nSPS) is 21.5. The molecule has 2 atom stereocenters. The number of phenolic OH excluding ortho intramolecular Hbond substituents is 1. The van der Waals surface area contributed by atoms with Crippen LogP contribution < -0.4 is 4.74 Å². The summed E-state index contributed by atoms with van der Waals surface area (Å²) >= 11 is 0. The van der Waals surface area contributed by atoms with Crippen LogP contribution in [0.1, 0.15) is 43.5 Å². The highest BCUT2D eigenvalue weighted by Gasteiger charge is 2.46. The van der Waals surface area contributed by atoms with Gasteiger partial charge < -0.3 is 24.7 Å². The summed E-state index contributed by atoms with van der Waals surface area (Å²) in [5, 5.41) is 21.0. The van der Waals surface area contributed by atoms with Crippen molar-refractivity contribution in [2.75, 3.05) is 26.2 Å². The van der Waals surface area contributed by atoms with Gasteiger partial charge in [0.05, 0.1) is 11.6 Å². The SMILES string of the molecule is CCN(CC)CCN1C(=O)C(=O)C(=C(O)c2ccc3c(c2)CC(C)O3)C1c1ccc(O)cc1. The first-order valence-corrected chi connectivity index (χ1v) is 11.4. The lowest BCUT2D eigenvalue weighted by Crippen LogP contribution is -2.38. The Labute approximate surface area is 193 Å². The molecule has 1 saturated heterocycles. The summed E-state index contributed by atoms with van der Waals surface area (Å²) in [6.45, 7) is 8.71. The lowest BCUT2D eigenvalue weighted by Gasteiger charge is -2.28. The van der Waals surface area contributed by atoms with Crippen molar-refractivity contribution in [1.29, 1.82) is 0 Å². The number of rotatable bonds is 7. The van der Waals surface area contributed by atoms with E-state index in [0.717, 1.165) is 30.8 Å². The molecule has 2 aliphatic rings. The standard InChI is InChI=1S/C26H30N2O5/c1-4-27(5-2)12-13-28-23(17-6-9-20(29)10-7-17)22(25(31)26(28)32)24(30)18-8-11-21-19(15-18)14-16(3)33-21/h6-11,15-16,23,29-30H,4-5,12-14H2,1-3H3. The van der Waals surface area contributed by atoms with Crippen molar-refractivity contribution < 1.29 is 24.5 Å². The van der Waals surface area contributed by atoms with Gasteiger partial charge in [0.1, 0.15) is 23.4 Å². The fourth-order valence-corrected chi connectivity index (χ4v) is 4.63. The number of aliphatic hydroxyl groups is 1. The molecule has 7 heteroatoms. The number of likely N-dealkylation sites (N-methyl/N-ethyl adjacent to an activating group) is 1. The summed E-state index contributed by atoms with van der Waals surface area (Å²) in [5.41, 5.74) is 2.17. The topological polar surface area (TPSA) is 90.3 Å². The quantitative estimate of drug-likeness (QED) is 0.381. The molecular formula is C26H30N2O5. The Morgan fingerprint density at radius 2 is 1.82 bits per heavy atom. The van der Waals surface area contributed by atoms with Crippen molar-refractivity contribution in [2.24, 2.45) is 0 Å². The summed E-state index contributed by atoms with van der Waals surface area (Å²) in [5.74, 6) is -0.658. The van der Waals surface area contributed by atoms with Gasteiger partial charge in [-0.05, 0) is 61.5 Å². The molecule has 0 bridgehead atoms. The highest BCUT2D eigenvalue weighted by atomic mass is 16.5. The van der Waals surface area contributed by atoms with Gasteiger partial charge in [-0.3, -0.25) is 9.59 Å². The van der Waals surface area contributed by atoms with E-state index in [1.54, 1.807) is 24.3 Å². The monoisotopic (exact) mass is 450 g/mol. The molecule has 2 aliphatic heterocycles. The van der Waals surface area contributed by atoms with Crippen LogP contribution in [0.5, 0.6) is 11.5 Å². The number of hydrogen-bond donors (Lipinski definition) is 2. The summed E-state index contributed by atoms with van der Waals surface area (Å²) in [6, 6.07) is 11.0. The molecule has 2 unspecified atom stereocenters. The highest BCUT2D eigenvalue weighted by Crippen LogP contribution is 2.40. The van der Waals surface area contributed by atoms with Crippen molar-refractivity contribution in [3.8, 4) is 11.5 Å². The van der Waals surface area contributed by atoms with Crippen LogP contribution >= 0.6 is 0 Å². The number of fused-ring (bicyclic) bond motifs is 1. The number of carbonyl (C=O) groups is 2. The van der Waals surface area contributed by atoms with E-state index in [1.165, 1.54) is 17.0 Å². The van der Waals surface area contributed by atoms with Gasteiger partial charge in [-0.25, -0.2) is 0 Å². The first kappa shape index (κ1) is 22.9. The summed E-state index contributed by atoms with van der Waals surface area (Å²) in [4.78, 5) is 29.9. The molecule has 2 heterocycles. The zero-order valence-corrected chi connectivity index (χ0v) is 19.2. The van der Waals surface area contributed by atoms with Crippen molar-refractivity contribution in [3.63, 3.8) is 0 Å². The van der Waals surface area contributed by atoms with E-state index in [0.29, 0.717) is 24.2 Å². The Morgan fingerprint density at radius 3 is 2.48 bits per heavy atom. The fourth-order valence-electron chi connectivity index (χ4n) is 4.63. The number of Topliss-reactive ketones (excluding diaryl/α,β-unsaturated/α-hetero) is 1. The minimum absolute atomic E-state index is 0.0556. The van der Waals surface area contributed by atoms with Gasteiger partial charge in [0.25, 0.3) is 11.7 Å². The minimum Gasteiger partial charge on any atom is -0.508 e. The first-order valence-electron chi connectivity index (χ1n) is 11.4. The second-order valence-electron chi connectivity index (χ2n) is 8.57. The molecule has 1 amide bonds. The molecule has 0 radical (unpaired) electrons. The molecule has 1 fully saturated rings. The van der Waals surface area contributed by atoms with E-state index < -0.39 is 17.7 Å². The first-order chi connectivity index (χ1) is 15.8. The molecule has 33 heavy (non-hydrogen) atoms. The van der Waals surface area contributed by atoms with E-state index in [9.17, 15) is 19.8 Å². The van der Waals surface area contributed by atoms with E-state index in [1.807, 2.05) is 26.8 Å². The molecule has 0 aromatic heterocycles. The van der Waals surface area contributed by atoms with Gasteiger partial charge in [-0.1, -0.05) is 26.0 Å². The Hall–Kier alpha value is -3.32. The second-order valence-corrected chi connectivity index (χ2v) is 8.57. The average Bonchev–Trinajstić information content (AvgIpc) is 3.30. The maximum Gasteiger partial charge on any atom is 0.295 e. The summed E-state index contributed by atoms with van der Waals surface area (Å²) in [6.07, 6.45) is 0.774. The largest absolute Gasteiger partial charge is 0.508 e. The summed E-state index contributed by atoms with van der Waals surface area (Å²) in [7, 11) is 0. The number of benzene rings is 2. The number of likely N-dealkylation sites (tertiary alicyclic amines) is 1. The third-order valence-electron chi connectivity index (χ3n) is 6.47. The van der Waals surface area contributed by atoms with Gasteiger partial charge in [-0.15, -0.1) is 0 Å². The zero-order valence-electron chi connectivity index (χ0n) is 19.2. The predicted octanol–water partition coefficient (Wildman–Crippen LogP) is 3.48. The van der Waals surface area contributed by atoms with Crippen LogP contribution in [0.25, 0.3) is 5.76 Å². The van der Waals surface area contributed by atoms with Gasteiger partial charge in [0, 0.05) is 25.1 Å². The predicted molar refractivity (Wildman–Crippen MR) is 125 cm³/mol. The zero-order chi connectivity index (χ0) is 23.7. The number of ketones is 1. The summed E-state index contributed by atoms with van der Waals surface area (Å²) < 4.78 is 5.74. The molecule has 174 valence electrons. The van der Waals surface area contributed by atoms with E-state index in [2.05, 4.69) is 4.90 Å². The van der Waals surface area contributed by atoms with E-state index >= 15 is 0 Å². The van der Waals surface area contributed by atoms with Gasteiger partial charge in [0.2, 0.25) is 0 Å². The number of aromatic hydroxyl groups is 1. The van der Waals surface area contributed by atoms with E-state index in [-0.39, 0.29) is 23.2 Å². The van der Waals surface area contributed by atoms with Crippen LogP contribution in [0.2, 0.25) is 0 Å². The third kappa shape index (κ3) is 4.33. The lowest BCUT2D eigenvalue weighted by atomic mass is 9.94. The molecule has 4 rings (SSSR count). The van der Waals surface area contributed by atoms with Crippen LogP contribution in [0.3, 0.4) is 0 Å². The molecule has 0 spiro atoms. The number of amides is 1. The highest BCUT2D eigenvalue weighted by molar-refractivity contribution is 6.46. The third-order valence-corrected chi connectivity index (χ3v) is 6.47. The van der Waals surface area contributed by atoms with Gasteiger partial charge in [-0.2, -0.15) is 0 Å². The Morgan fingerprint density at radius 1 is 1.12 bits per heavy atom. The average molecular weight is 451 g/mol. The molecule has 7 nitrogen and oxygen atoms in total. The number of aliphatic hydroxyl groups excluding tert-OH is 1. The van der Waals surface area contributed by atoms with Gasteiger partial charge in [0.15, 0.2) is 0 Å². The minimum atomic E-state index is -0.732. The molecular weight excluding hydrogens is 420 g/mol. The maximum atomic E-state index is 13.2. The van der Waals surface area contributed by atoms with Crippen LogP contribution in [0.15, 0.2) is 48.0 Å². The van der Waals surface area contributed by atoms with Crippen molar-refractivity contribution in [3.05, 3.63) is 64.7 Å². The molecule has 0 aliphatic carbocycles. The smallest absolute Gasteiger partial charge is 0.295 e. The molecule has 2 aromatic rings. The van der Waals surface area contributed by atoms with Crippen LogP contribution in [0.4, 0.5) is 0 Å². The number of hydrogen-bond acceptors (Lipinski definition) is 6.